The summed E-state index contributed by atoms with van der Waals surface area (Å²) < 4.78 is 32.8. The molecule has 2 saturated heterocycles. The molecule has 1 aromatic rings. The maximum Gasteiger partial charge on any atom is 0.263 e. The van der Waals surface area contributed by atoms with Gasteiger partial charge in [0.1, 0.15) is 11.9 Å². The summed E-state index contributed by atoms with van der Waals surface area (Å²) in [6.45, 7) is 7.62. The highest BCUT2D eigenvalue weighted by molar-refractivity contribution is 7.99. The van der Waals surface area contributed by atoms with E-state index in [0.29, 0.717) is 12.1 Å². The average Bonchev–Trinajstić information content (AvgIpc) is 3.34. The van der Waals surface area contributed by atoms with Crippen LogP contribution >= 0.6 is 11.8 Å². The first kappa shape index (κ1) is 22.6. The van der Waals surface area contributed by atoms with E-state index >= 15 is 0 Å². The lowest BCUT2D eigenvalue weighted by Gasteiger charge is -2.43. The van der Waals surface area contributed by atoms with E-state index in [4.69, 9.17) is 4.74 Å². The fourth-order valence-corrected chi connectivity index (χ4v) is 7.09. The predicted molar refractivity (Wildman–Crippen MR) is 122 cm³/mol. The molecule has 0 bridgehead atoms. The number of hydrogen-bond acceptors (Lipinski definition) is 7. The summed E-state index contributed by atoms with van der Waals surface area (Å²) in [7, 11) is -3.64. The van der Waals surface area contributed by atoms with E-state index in [1.165, 1.54) is 0 Å². The quantitative estimate of drug-likeness (QED) is 0.651. The molecule has 1 unspecified atom stereocenters. The van der Waals surface area contributed by atoms with Crippen LogP contribution in [0, 0.1) is 5.92 Å². The number of hydrogen-bond donors (Lipinski definition) is 2. The number of aliphatic imine (C=N–C) groups is 1. The Morgan fingerprint density at radius 1 is 1.32 bits per heavy atom. The Hall–Kier alpha value is -1.62. The molecule has 2 atom stereocenters. The summed E-state index contributed by atoms with van der Waals surface area (Å²) in [5.41, 5.74) is 0.457. The first-order chi connectivity index (χ1) is 14.8. The van der Waals surface area contributed by atoms with Crippen LogP contribution in [0.5, 0.6) is 0 Å². The lowest BCUT2D eigenvalue weighted by molar-refractivity contribution is -0.124. The third kappa shape index (κ3) is 4.62. The van der Waals surface area contributed by atoms with E-state index in [0.717, 1.165) is 44.2 Å². The van der Waals surface area contributed by atoms with Crippen LogP contribution in [0.3, 0.4) is 0 Å². The van der Waals surface area contributed by atoms with Gasteiger partial charge in [-0.05, 0) is 30.2 Å². The molecular formula is C21H30N4O4S2. The number of nitrogens with zero attached hydrogens (tertiary/aromatic N) is 2. The molecule has 3 aliphatic rings. The second-order valence-electron chi connectivity index (χ2n) is 8.61. The Balaban J connectivity index is 1.51. The summed E-state index contributed by atoms with van der Waals surface area (Å²) in [6, 6.07) is 6.03. The van der Waals surface area contributed by atoms with Crippen LogP contribution in [0.4, 0.5) is 0 Å². The molecule has 2 N–H and O–H groups in total. The van der Waals surface area contributed by atoms with Crippen LogP contribution < -0.4 is 10.0 Å². The molecular weight excluding hydrogens is 436 g/mol. The molecule has 8 nitrogen and oxygen atoms in total. The second kappa shape index (κ2) is 9.09. The molecule has 0 aromatic heterocycles. The number of carbonyl (C=O) groups is 1. The van der Waals surface area contributed by atoms with Crippen molar-refractivity contribution in [1.29, 1.82) is 0 Å². The third-order valence-electron chi connectivity index (χ3n) is 6.19. The molecule has 1 amide bonds. The Kier molecular flexibility index (Phi) is 6.62. The van der Waals surface area contributed by atoms with Gasteiger partial charge in [-0.2, -0.15) is 11.8 Å². The zero-order chi connectivity index (χ0) is 22.1. The van der Waals surface area contributed by atoms with Gasteiger partial charge in [-0.15, -0.1) is 0 Å². The zero-order valence-corrected chi connectivity index (χ0v) is 19.6. The Bertz CT molecular complexity index is 952. The number of sulfonamides is 1. The van der Waals surface area contributed by atoms with Gasteiger partial charge in [-0.25, -0.2) is 8.42 Å². The van der Waals surface area contributed by atoms with Crippen molar-refractivity contribution < 1.29 is 17.9 Å². The molecule has 0 spiro atoms. The number of ether oxygens (including phenoxy) is 1. The third-order valence-corrected chi connectivity index (χ3v) is 8.82. The van der Waals surface area contributed by atoms with Crippen molar-refractivity contribution in [3.05, 3.63) is 29.8 Å². The van der Waals surface area contributed by atoms with Gasteiger partial charge in [0.05, 0.1) is 18.1 Å². The largest absolute Gasteiger partial charge is 0.379 e. The van der Waals surface area contributed by atoms with Gasteiger partial charge in [0.15, 0.2) is 0 Å². The number of amidine groups is 1. The summed E-state index contributed by atoms with van der Waals surface area (Å²) >= 11 is 1.92. The maximum absolute atomic E-state index is 13.2. The number of morpholine rings is 1. The van der Waals surface area contributed by atoms with Crippen molar-refractivity contribution >= 4 is 33.5 Å². The Labute approximate surface area is 188 Å². The van der Waals surface area contributed by atoms with Crippen molar-refractivity contribution in [2.45, 2.75) is 36.7 Å². The number of carbonyl (C=O) groups excluding carboxylic acids is 1. The number of amides is 1. The molecule has 0 aliphatic carbocycles. The van der Waals surface area contributed by atoms with Crippen LogP contribution in [0.25, 0.3) is 0 Å². The van der Waals surface area contributed by atoms with Crippen LogP contribution in [-0.4, -0.2) is 81.0 Å². The van der Waals surface area contributed by atoms with Crippen LogP contribution in [0.2, 0.25) is 0 Å². The van der Waals surface area contributed by atoms with Gasteiger partial charge >= 0.3 is 0 Å². The van der Waals surface area contributed by atoms with Crippen LogP contribution in [-0.2, 0) is 19.6 Å². The van der Waals surface area contributed by atoms with Crippen LogP contribution in [0.1, 0.15) is 25.8 Å². The van der Waals surface area contributed by atoms with Crippen molar-refractivity contribution in [3.8, 4) is 0 Å². The minimum absolute atomic E-state index is 0.0552. The van der Waals surface area contributed by atoms with E-state index in [1.807, 2.05) is 25.6 Å². The van der Waals surface area contributed by atoms with Gasteiger partial charge in [0, 0.05) is 36.5 Å². The highest BCUT2D eigenvalue weighted by Crippen LogP contribution is 2.33. The van der Waals surface area contributed by atoms with E-state index < -0.39 is 16.1 Å². The van der Waals surface area contributed by atoms with E-state index in [-0.39, 0.29) is 28.1 Å². The number of nitrogens with one attached hydrogen (secondary N) is 2. The minimum atomic E-state index is -3.64. The van der Waals surface area contributed by atoms with Crippen LogP contribution in [0.15, 0.2) is 34.2 Å². The maximum atomic E-state index is 13.2. The topological polar surface area (TPSA) is 100 Å². The summed E-state index contributed by atoms with van der Waals surface area (Å²) in [4.78, 5) is 20.4. The van der Waals surface area contributed by atoms with E-state index in [1.54, 1.807) is 24.3 Å². The second-order valence-corrected chi connectivity index (χ2v) is 11.4. The molecule has 170 valence electrons. The number of rotatable bonds is 6. The summed E-state index contributed by atoms with van der Waals surface area (Å²) in [6.07, 6.45) is 1.03. The van der Waals surface area contributed by atoms with Gasteiger partial charge in [-0.3, -0.25) is 19.4 Å². The SMILES string of the molecule is CC(C)[C@H](N=C1NS(=O)(=O)c2ccccc21)C(=O)NCC1(N2CCOCC2)CCSC1. The minimum Gasteiger partial charge on any atom is -0.379 e. The van der Waals surface area contributed by atoms with E-state index in [2.05, 4.69) is 19.9 Å². The molecule has 10 heteroatoms. The molecule has 0 radical (unpaired) electrons. The predicted octanol–water partition coefficient (Wildman–Crippen LogP) is 1.07. The average molecular weight is 467 g/mol. The highest BCUT2D eigenvalue weighted by atomic mass is 32.2. The summed E-state index contributed by atoms with van der Waals surface area (Å²) in [5.74, 6) is 2.06. The molecule has 31 heavy (non-hydrogen) atoms. The van der Waals surface area contributed by atoms with Gasteiger partial charge in [0.2, 0.25) is 5.91 Å². The molecule has 3 heterocycles. The standard InChI is InChI=1S/C21H30N4O4S2/c1-15(2)18(23-19-16-5-3-4-6-17(16)31(27,28)24-19)20(26)22-13-21(7-12-30-14-21)25-8-10-29-11-9-25/h3-6,15,18H,7-14H2,1-2H3,(H,22,26)(H,23,24)/t18-,21?/m0/s1. The van der Waals surface area contributed by atoms with Gasteiger partial charge in [-0.1, -0.05) is 26.0 Å². The van der Waals surface area contributed by atoms with Crippen molar-refractivity contribution in [2.75, 3.05) is 44.4 Å². The smallest absolute Gasteiger partial charge is 0.263 e. The van der Waals surface area contributed by atoms with Crippen molar-refractivity contribution in [1.82, 2.24) is 14.9 Å². The molecule has 3 aliphatic heterocycles. The molecule has 0 saturated carbocycles. The van der Waals surface area contributed by atoms with E-state index in [9.17, 15) is 13.2 Å². The fourth-order valence-electron chi connectivity index (χ4n) is 4.37. The van der Waals surface area contributed by atoms with Crippen molar-refractivity contribution in [3.63, 3.8) is 0 Å². The summed E-state index contributed by atoms with van der Waals surface area (Å²) in [5, 5.41) is 3.14. The number of benzene rings is 1. The highest BCUT2D eigenvalue weighted by Gasteiger charge is 2.41. The van der Waals surface area contributed by atoms with Gasteiger partial charge in [0.25, 0.3) is 10.0 Å². The zero-order valence-electron chi connectivity index (χ0n) is 18.0. The lowest BCUT2D eigenvalue weighted by Crippen LogP contribution is -2.60. The molecule has 2 fully saturated rings. The fraction of sp³-hybridized carbons (Fsp3) is 0.619. The van der Waals surface area contributed by atoms with Crippen molar-refractivity contribution in [2.24, 2.45) is 10.9 Å². The number of thioether (sulfide) groups is 1. The Morgan fingerprint density at radius 2 is 2.06 bits per heavy atom. The first-order valence-corrected chi connectivity index (χ1v) is 13.3. The normalized spacial score (nSPS) is 27.8. The monoisotopic (exact) mass is 466 g/mol. The number of fused-ring (bicyclic) bond motifs is 1. The van der Waals surface area contributed by atoms with Gasteiger partial charge < -0.3 is 10.1 Å². The Morgan fingerprint density at radius 3 is 2.74 bits per heavy atom. The first-order valence-electron chi connectivity index (χ1n) is 10.7. The molecule has 4 rings (SSSR count). The lowest BCUT2D eigenvalue weighted by atomic mass is 9.95. The molecule has 1 aromatic carbocycles.